The number of hydrogen-bond donors (Lipinski definition) is 4. The Morgan fingerprint density at radius 3 is 2.70 bits per heavy atom. The van der Waals surface area contributed by atoms with Gasteiger partial charge in [0, 0.05) is 24.7 Å². The maximum Gasteiger partial charge on any atom is 0.275 e. The van der Waals surface area contributed by atoms with Crippen molar-refractivity contribution in [3.63, 3.8) is 0 Å². The van der Waals surface area contributed by atoms with Gasteiger partial charge in [-0.1, -0.05) is 0 Å². The van der Waals surface area contributed by atoms with Crippen molar-refractivity contribution in [2.24, 2.45) is 11.5 Å². The van der Waals surface area contributed by atoms with Crippen LogP contribution in [0, 0.1) is 0 Å². The summed E-state index contributed by atoms with van der Waals surface area (Å²) < 4.78 is 1.51. The average molecular weight is 427 g/mol. The summed E-state index contributed by atoms with van der Waals surface area (Å²) >= 11 is 1.28. The van der Waals surface area contributed by atoms with Crippen LogP contribution in [0.1, 0.15) is 23.3 Å². The van der Waals surface area contributed by atoms with Gasteiger partial charge in [-0.05, 0) is 25.0 Å². The van der Waals surface area contributed by atoms with E-state index in [0.29, 0.717) is 48.3 Å². The summed E-state index contributed by atoms with van der Waals surface area (Å²) in [5.41, 5.74) is 17.5. The number of amides is 2. The van der Waals surface area contributed by atoms with E-state index in [2.05, 4.69) is 20.4 Å². The quantitative estimate of drug-likeness (QED) is 0.451. The minimum Gasteiger partial charge on any atom is -0.396 e. The highest BCUT2D eigenvalue weighted by Crippen LogP contribution is 2.29. The summed E-state index contributed by atoms with van der Waals surface area (Å²) in [6.07, 6.45) is 5.60. The fourth-order valence-corrected chi connectivity index (χ4v) is 3.95. The number of nitrogens with one attached hydrogen (secondary N) is 1. The first-order chi connectivity index (χ1) is 14.4. The lowest BCUT2D eigenvalue weighted by atomic mass is 9.88. The maximum absolute atomic E-state index is 12.7. The lowest BCUT2D eigenvalue weighted by molar-refractivity contribution is -0.123. The predicted octanol–water partition coefficient (Wildman–Crippen LogP) is 0.341. The molecule has 1 aliphatic heterocycles. The lowest BCUT2D eigenvalue weighted by Crippen LogP contribution is -2.58. The third-order valence-electron chi connectivity index (χ3n) is 5.00. The van der Waals surface area contributed by atoms with Crippen LogP contribution in [0.5, 0.6) is 0 Å². The zero-order valence-electron chi connectivity index (χ0n) is 16.0. The number of carbonyl (C=O) groups excluding carboxylic acids is 2. The number of piperidine rings is 1. The molecule has 1 fully saturated rings. The normalized spacial score (nSPS) is 15.7. The monoisotopic (exact) mass is 427 g/mol. The van der Waals surface area contributed by atoms with E-state index in [-0.39, 0.29) is 11.6 Å². The summed E-state index contributed by atoms with van der Waals surface area (Å²) in [6.45, 7) is 1.00. The van der Waals surface area contributed by atoms with Gasteiger partial charge in [-0.2, -0.15) is 5.10 Å². The minimum atomic E-state index is -1.01. The third-order valence-corrected chi connectivity index (χ3v) is 5.83. The molecule has 0 unspecified atom stereocenters. The van der Waals surface area contributed by atoms with Crippen LogP contribution in [0.3, 0.4) is 0 Å². The van der Waals surface area contributed by atoms with Crippen LogP contribution in [0.4, 0.5) is 17.2 Å². The molecule has 0 saturated carbocycles. The number of aromatic nitrogens is 4. The smallest absolute Gasteiger partial charge is 0.275 e. The molecule has 2 amide bonds. The number of thiazole rings is 1. The van der Waals surface area contributed by atoms with E-state index < -0.39 is 11.4 Å². The molecule has 0 bridgehead atoms. The average Bonchev–Trinajstić information content (AvgIpc) is 3.38. The molecule has 4 rings (SSSR count). The molecule has 4 heterocycles. The van der Waals surface area contributed by atoms with Gasteiger partial charge in [-0.25, -0.2) is 14.6 Å². The van der Waals surface area contributed by atoms with Crippen molar-refractivity contribution >= 4 is 40.3 Å². The van der Waals surface area contributed by atoms with Gasteiger partial charge in [-0.15, -0.1) is 11.3 Å². The summed E-state index contributed by atoms with van der Waals surface area (Å²) in [7, 11) is 0. The van der Waals surface area contributed by atoms with Crippen LogP contribution in [-0.4, -0.2) is 50.2 Å². The van der Waals surface area contributed by atoms with Gasteiger partial charge >= 0.3 is 0 Å². The summed E-state index contributed by atoms with van der Waals surface area (Å²) in [5, 5.41) is 9.13. The molecule has 1 aliphatic rings. The van der Waals surface area contributed by atoms with Crippen molar-refractivity contribution in [2.75, 3.05) is 29.0 Å². The number of pyridine rings is 1. The molecule has 30 heavy (non-hydrogen) atoms. The van der Waals surface area contributed by atoms with Gasteiger partial charge in [-0.3, -0.25) is 9.59 Å². The molecule has 0 spiro atoms. The molecule has 12 heteroatoms. The maximum atomic E-state index is 12.7. The van der Waals surface area contributed by atoms with E-state index in [1.165, 1.54) is 22.2 Å². The Morgan fingerprint density at radius 1 is 1.27 bits per heavy atom. The second-order valence-electron chi connectivity index (χ2n) is 7.07. The second kappa shape index (κ2) is 7.72. The van der Waals surface area contributed by atoms with Crippen LogP contribution in [0.15, 0.2) is 36.1 Å². The van der Waals surface area contributed by atoms with Crippen LogP contribution < -0.4 is 27.4 Å². The second-order valence-corrected chi connectivity index (χ2v) is 7.91. The van der Waals surface area contributed by atoms with Crippen molar-refractivity contribution < 1.29 is 9.59 Å². The van der Waals surface area contributed by atoms with Crippen LogP contribution in [0.25, 0.3) is 5.13 Å². The van der Waals surface area contributed by atoms with E-state index >= 15 is 0 Å². The number of nitrogens with zero attached hydrogens (tertiary/aromatic N) is 5. The van der Waals surface area contributed by atoms with E-state index in [9.17, 15) is 9.59 Å². The van der Waals surface area contributed by atoms with Crippen molar-refractivity contribution in [3.05, 3.63) is 41.8 Å². The highest BCUT2D eigenvalue weighted by molar-refractivity contribution is 7.12. The molecular formula is C18H21N9O2S. The van der Waals surface area contributed by atoms with Crippen molar-refractivity contribution in [1.82, 2.24) is 19.7 Å². The zero-order valence-corrected chi connectivity index (χ0v) is 16.8. The SMILES string of the molecule is NC(=O)C1(N)CCN(c2ncccc2NC(=O)c2csc(-n3cc(N)cn3)n2)CC1. The molecule has 156 valence electrons. The number of rotatable bonds is 5. The first-order valence-electron chi connectivity index (χ1n) is 9.22. The van der Waals surface area contributed by atoms with E-state index in [1.807, 2.05) is 4.90 Å². The molecule has 0 atom stereocenters. The van der Waals surface area contributed by atoms with Crippen LogP contribution >= 0.6 is 11.3 Å². The van der Waals surface area contributed by atoms with Crippen molar-refractivity contribution in [1.29, 1.82) is 0 Å². The Labute approximate surface area is 175 Å². The standard InChI is InChI=1S/C18H21N9O2S/c19-11-8-23-27(9-11)17-25-13(10-30-17)15(28)24-12-2-1-5-22-14(12)26-6-3-18(21,4-7-26)16(20)29/h1-2,5,8-10H,3-4,6-7,19,21H2,(H2,20,29)(H,24,28). The molecule has 11 nitrogen and oxygen atoms in total. The van der Waals surface area contributed by atoms with Gasteiger partial charge in [0.25, 0.3) is 5.91 Å². The molecule has 7 N–H and O–H groups in total. The lowest BCUT2D eigenvalue weighted by Gasteiger charge is -2.38. The van der Waals surface area contributed by atoms with Gasteiger partial charge in [0.15, 0.2) is 5.82 Å². The first kappa shape index (κ1) is 19.8. The topological polar surface area (TPSA) is 171 Å². The number of hydrogen-bond acceptors (Lipinski definition) is 9. The molecule has 3 aromatic heterocycles. The molecular weight excluding hydrogens is 406 g/mol. The number of primary amides is 1. The largest absolute Gasteiger partial charge is 0.396 e. The van der Waals surface area contributed by atoms with Gasteiger partial charge in [0.1, 0.15) is 5.69 Å². The zero-order chi connectivity index (χ0) is 21.3. The molecule has 0 aliphatic carbocycles. The van der Waals surface area contributed by atoms with Crippen molar-refractivity contribution in [3.8, 4) is 5.13 Å². The fraction of sp³-hybridized carbons (Fsp3) is 0.278. The number of anilines is 3. The number of carbonyl (C=O) groups is 2. The van der Waals surface area contributed by atoms with E-state index in [4.69, 9.17) is 17.2 Å². The van der Waals surface area contributed by atoms with Gasteiger partial charge < -0.3 is 27.4 Å². The first-order valence-corrected chi connectivity index (χ1v) is 10.1. The Kier molecular flexibility index (Phi) is 5.10. The highest BCUT2D eigenvalue weighted by atomic mass is 32.1. The Balaban J connectivity index is 1.49. The Hall–Kier alpha value is -3.51. The fourth-order valence-electron chi connectivity index (χ4n) is 3.21. The Bertz CT molecular complexity index is 1080. The minimum absolute atomic E-state index is 0.257. The van der Waals surface area contributed by atoms with Gasteiger partial charge in [0.05, 0.1) is 29.3 Å². The predicted molar refractivity (Wildman–Crippen MR) is 113 cm³/mol. The molecule has 3 aromatic rings. The molecule has 0 aromatic carbocycles. The highest BCUT2D eigenvalue weighted by Gasteiger charge is 2.36. The summed E-state index contributed by atoms with van der Waals surface area (Å²) in [6, 6.07) is 3.50. The van der Waals surface area contributed by atoms with E-state index in [0.717, 1.165) is 0 Å². The Morgan fingerprint density at radius 2 is 2.03 bits per heavy atom. The van der Waals surface area contributed by atoms with Crippen LogP contribution in [0.2, 0.25) is 0 Å². The number of nitrogen functional groups attached to an aromatic ring is 1. The number of nitrogens with two attached hydrogens (primary N) is 3. The van der Waals surface area contributed by atoms with Gasteiger partial charge in [0.2, 0.25) is 11.0 Å². The summed E-state index contributed by atoms with van der Waals surface area (Å²) in [4.78, 5) is 35.0. The van der Waals surface area contributed by atoms with Crippen molar-refractivity contribution in [2.45, 2.75) is 18.4 Å². The summed E-state index contributed by atoms with van der Waals surface area (Å²) in [5.74, 6) is -0.267. The third kappa shape index (κ3) is 3.82. The molecule has 0 radical (unpaired) electrons. The van der Waals surface area contributed by atoms with E-state index in [1.54, 1.807) is 29.9 Å². The van der Waals surface area contributed by atoms with Crippen LogP contribution in [-0.2, 0) is 4.79 Å². The molecule has 1 saturated heterocycles.